The average Bonchev–Trinajstić information content (AvgIpc) is 3.10. The van der Waals surface area contributed by atoms with E-state index in [0.29, 0.717) is 22.9 Å². The summed E-state index contributed by atoms with van der Waals surface area (Å²) in [5, 5.41) is 7.06. The van der Waals surface area contributed by atoms with E-state index in [4.69, 9.17) is 9.47 Å². The van der Waals surface area contributed by atoms with Gasteiger partial charge in [-0.1, -0.05) is 36.4 Å². The summed E-state index contributed by atoms with van der Waals surface area (Å²) in [4.78, 5) is 24.4. The van der Waals surface area contributed by atoms with Crippen molar-refractivity contribution in [3.05, 3.63) is 60.7 Å². The number of amides is 2. The predicted molar refractivity (Wildman–Crippen MR) is 93.8 cm³/mol. The van der Waals surface area contributed by atoms with Gasteiger partial charge in [0.1, 0.15) is 0 Å². The molecule has 0 fully saturated rings. The van der Waals surface area contributed by atoms with Crippen LogP contribution < -0.4 is 20.1 Å². The summed E-state index contributed by atoms with van der Waals surface area (Å²) in [6, 6.07) is 18.1. The second-order valence-electron chi connectivity index (χ2n) is 5.50. The summed E-state index contributed by atoms with van der Waals surface area (Å²) in [6.07, 6.45) is 0. The number of nitrogens with one attached hydrogen (secondary N) is 2. The van der Waals surface area contributed by atoms with E-state index >= 15 is 0 Å². The van der Waals surface area contributed by atoms with Crippen molar-refractivity contribution in [1.29, 1.82) is 0 Å². The zero-order chi connectivity index (χ0) is 17.2. The minimum absolute atomic E-state index is 0.147. The quantitative estimate of drug-likeness (QED) is 0.706. The van der Waals surface area contributed by atoms with Crippen LogP contribution in [0.25, 0.3) is 10.8 Å². The summed E-state index contributed by atoms with van der Waals surface area (Å²) >= 11 is 0. The molecule has 0 saturated heterocycles. The maximum absolute atomic E-state index is 12.2. The first-order valence-electron chi connectivity index (χ1n) is 7.70. The fraction of sp³-hybridized carbons (Fsp3) is 0.0526. The number of hydrogen-bond donors (Lipinski definition) is 2. The third kappa shape index (κ3) is 2.97. The molecule has 0 aliphatic carbocycles. The number of anilines is 2. The van der Waals surface area contributed by atoms with Crippen LogP contribution in [0.4, 0.5) is 11.4 Å². The number of ether oxygens (including phenoxy) is 2. The van der Waals surface area contributed by atoms with Crippen LogP contribution in [-0.2, 0) is 9.59 Å². The highest BCUT2D eigenvalue weighted by molar-refractivity contribution is 6.44. The molecule has 0 spiro atoms. The van der Waals surface area contributed by atoms with Crippen LogP contribution in [0.15, 0.2) is 60.7 Å². The van der Waals surface area contributed by atoms with E-state index in [0.717, 1.165) is 10.8 Å². The van der Waals surface area contributed by atoms with Gasteiger partial charge < -0.3 is 20.1 Å². The van der Waals surface area contributed by atoms with Gasteiger partial charge >= 0.3 is 11.8 Å². The molecule has 0 unspecified atom stereocenters. The van der Waals surface area contributed by atoms with E-state index in [1.54, 1.807) is 24.3 Å². The van der Waals surface area contributed by atoms with Crippen molar-refractivity contribution in [2.45, 2.75) is 0 Å². The van der Waals surface area contributed by atoms with Crippen LogP contribution in [-0.4, -0.2) is 18.6 Å². The van der Waals surface area contributed by atoms with Crippen molar-refractivity contribution in [1.82, 2.24) is 0 Å². The largest absolute Gasteiger partial charge is 0.454 e. The van der Waals surface area contributed by atoms with Crippen LogP contribution in [0.2, 0.25) is 0 Å². The SMILES string of the molecule is O=C(Nc1ccc2c(c1)OCO2)C(=O)Nc1cccc2ccccc12. The monoisotopic (exact) mass is 334 g/mol. The van der Waals surface area contributed by atoms with Crippen LogP contribution in [0, 0.1) is 0 Å². The van der Waals surface area contributed by atoms with Crippen molar-refractivity contribution < 1.29 is 19.1 Å². The van der Waals surface area contributed by atoms with Gasteiger partial charge in [-0.25, -0.2) is 0 Å². The zero-order valence-corrected chi connectivity index (χ0v) is 13.1. The standard InChI is InChI=1S/C19H14N2O4/c22-18(20-13-8-9-16-17(10-13)25-11-24-16)19(23)21-15-7-3-5-12-4-1-2-6-14(12)15/h1-10H,11H2,(H,20,22)(H,21,23). The molecule has 0 saturated carbocycles. The molecule has 6 heteroatoms. The van der Waals surface area contributed by atoms with Crippen LogP contribution in [0.1, 0.15) is 0 Å². The van der Waals surface area contributed by atoms with Crippen molar-refractivity contribution in [2.24, 2.45) is 0 Å². The van der Waals surface area contributed by atoms with E-state index in [-0.39, 0.29) is 6.79 Å². The van der Waals surface area contributed by atoms with Crippen molar-refractivity contribution in [3.63, 3.8) is 0 Å². The molecule has 1 aliphatic rings. The molecule has 1 heterocycles. The summed E-state index contributed by atoms with van der Waals surface area (Å²) in [5.41, 5.74) is 1.05. The molecule has 25 heavy (non-hydrogen) atoms. The second kappa shape index (κ2) is 6.16. The molecule has 4 rings (SSSR count). The lowest BCUT2D eigenvalue weighted by Gasteiger charge is -2.09. The molecule has 2 amide bonds. The Morgan fingerprint density at radius 2 is 1.56 bits per heavy atom. The molecule has 0 radical (unpaired) electrons. The maximum Gasteiger partial charge on any atom is 0.314 e. The number of fused-ring (bicyclic) bond motifs is 2. The molecular formula is C19H14N2O4. The third-order valence-corrected chi connectivity index (χ3v) is 3.87. The van der Waals surface area contributed by atoms with Crippen LogP contribution in [0.3, 0.4) is 0 Å². The molecule has 6 nitrogen and oxygen atoms in total. The minimum Gasteiger partial charge on any atom is -0.454 e. The van der Waals surface area contributed by atoms with Crippen LogP contribution >= 0.6 is 0 Å². The number of benzene rings is 3. The molecule has 3 aromatic carbocycles. The van der Waals surface area contributed by atoms with Crippen molar-refractivity contribution in [3.8, 4) is 11.5 Å². The lowest BCUT2D eigenvalue weighted by atomic mass is 10.1. The average molecular weight is 334 g/mol. The summed E-state index contributed by atoms with van der Waals surface area (Å²) in [5.74, 6) is -0.355. The molecule has 0 aromatic heterocycles. The Morgan fingerprint density at radius 1 is 0.800 bits per heavy atom. The van der Waals surface area contributed by atoms with Gasteiger partial charge in [0.2, 0.25) is 6.79 Å². The van der Waals surface area contributed by atoms with Gasteiger partial charge in [-0.3, -0.25) is 9.59 Å². The topological polar surface area (TPSA) is 76.7 Å². The third-order valence-electron chi connectivity index (χ3n) is 3.87. The van der Waals surface area contributed by atoms with E-state index < -0.39 is 11.8 Å². The van der Waals surface area contributed by atoms with Crippen molar-refractivity contribution in [2.75, 3.05) is 17.4 Å². The number of rotatable bonds is 2. The number of hydrogen-bond acceptors (Lipinski definition) is 4. The summed E-state index contributed by atoms with van der Waals surface area (Å²) < 4.78 is 10.5. The van der Waals surface area contributed by atoms with Crippen molar-refractivity contribution >= 4 is 34.0 Å². The Balaban J connectivity index is 1.50. The smallest absolute Gasteiger partial charge is 0.314 e. The highest BCUT2D eigenvalue weighted by atomic mass is 16.7. The zero-order valence-electron chi connectivity index (χ0n) is 13.1. The molecule has 1 aliphatic heterocycles. The highest BCUT2D eigenvalue weighted by Gasteiger charge is 2.18. The summed E-state index contributed by atoms with van der Waals surface area (Å²) in [7, 11) is 0. The van der Waals surface area contributed by atoms with Gasteiger partial charge in [0.05, 0.1) is 0 Å². The molecule has 2 N–H and O–H groups in total. The van der Waals surface area contributed by atoms with E-state index in [1.165, 1.54) is 0 Å². The van der Waals surface area contributed by atoms with Gasteiger partial charge in [-0.05, 0) is 23.6 Å². The first-order valence-corrected chi connectivity index (χ1v) is 7.70. The van der Waals surface area contributed by atoms with E-state index in [2.05, 4.69) is 10.6 Å². The van der Waals surface area contributed by atoms with Gasteiger partial charge in [0, 0.05) is 22.8 Å². The number of carbonyl (C=O) groups is 2. The van der Waals surface area contributed by atoms with Gasteiger partial charge in [-0.15, -0.1) is 0 Å². The summed E-state index contributed by atoms with van der Waals surface area (Å²) in [6.45, 7) is 0.147. The lowest BCUT2D eigenvalue weighted by molar-refractivity contribution is -0.132. The predicted octanol–water partition coefficient (Wildman–Crippen LogP) is 3.15. The second-order valence-corrected chi connectivity index (χ2v) is 5.50. The first kappa shape index (κ1) is 15.0. The Labute approximate surface area is 143 Å². The van der Waals surface area contributed by atoms with E-state index in [9.17, 15) is 9.59 Å². The maximum atomic E-state index is 12.2. The fourth-order valence-corrected chi connectivity index (χ4v) is 2.68. The lowest BCUT2D eigenvalue weighted by Crippen LogP contribution is -2.29. The Hall–Kier alpha value is -3.54. The van der Waals surface area contributed by atoms with Gasteiger partial charge in [-0.2, -0.15) is 0 Å². The Kier molecular flexibility index (Phi) is 3.70. The normalized spacial score (nSPS) is 12.0. The molecule has 3 aromatic rings. The Bertz CT molecular complexity index is 979. The molecule has 0 atom stereocenters. The minimum atomic E-state index is -0.758. The van der Waals surface area contributed by atoms with E-state index in [1.807, 2.05) is 36.4 Å². The highest BCUT2D eigenvalue weighted by Crippen LogP contribution is 2.34. The molecule has 124 valence electrons. The molecular weight excluding hydrogens is 320 g/mol. The van der Waals surface area contributed by atoms with Gasteiger partial charge in [0.15, 0.2) is 11.5 Å². The van der Waals surface area contributed by atoms with Gasteiger partial charge in [0.25, 0.3) is 0 Å². The first-order chi connectivity index (χ1) is 12.2. The van der Waals surface area contributed by atoms with Crippen LogP contribution in [0.5, 0.6) is 11.5 Å². The number of carbonyl (C=O) groups excluding carboxylic acids is 2. The Morgan fingerprint density at radius 3 is 2.48 bits per heavy atom. The molecule has 0 bridgehead atoms. The fourth-order valence-electron chi connectivity index (χ4n) is 2.68.